The van der Waals surface area contributed by atoms with Crippen LogP contribution in [0.4, 0.5) is 0 Å². The molecular formula is C15H11ClO3. The fraction of sp³-hybridized carbons (Fsp3) is 0. The van der Waals surface area contributed by atoms with Gasteiger partial charge < -0.3 is 10.2 Å². The van der Waals surface area contributed by atoms with Gasteiger partial charge in [-0.05, 0) is 29.3 Å². The van der Waals surface area contributed by atoms with Gasteiger partial charge in [0, 0.05) is 0 Å². The molecule has 0 bridgehead atoms. The second-order valence-corrected chi connectivity index (χ2v) is 4.35. The van der Waals surface area contributed by atoms with Gasteiger partial charge in [0.25, 0.3) is 0 Å². The number of benzene rings is 2. The predicted molar refractivity (Wildman–Crippen MR) is 75.1 cm³/mol. The molecule has 0 aliphatic carbocycles. The van der Waals surface area contributed by atoms with Gasteiger partial charge in [0.2, 0.25) is 0 Å². The van der Waals surface area contributed by atoms with Crippen LogP contribution in [0.3, 0.4) is 0 Å². The number of rotatable bonds is 3. The maximum absolute atomic E-state index is 11.3. The standard InChI is InChI=1S/C15H11ClO3/c16-13-9-10(6-7-14(13)17)8-12(15(18)19)11-4-2-1-3-5-11/h1-9,17H,(H,18,19). The normalized spacial score (nSPS) is 11.3. The van der Waals surface area contributed by atoms with Crippen molar-refractivity contribution in [3.8, 4) is 5.75 Å². The van der Waals surface area contributed by atoms with Crippen molar-refractivity contribution in [1.29, 1.82) is 0 Å². The van der Waals surface area contributed by atoms with E-state index in [-0.39, 0.29) is 16.3 Å². The lowest BCUT2D eigenvalue weighted by Crippen LogP contribution is -1.99. The molecule has 0 spiro atoms. The third kappa shape index (κ3) is 3.14. The number of halogens is 1. The van der Waals surface area contributed by atoms with E-state index in [1.807, 2.05) is 6.07 Å². The number of carboxylic acid groups (broad SMARTS) is 1. The Morgan fingerprint density at radius 2 is 1.79 bits per heavy atom. The Kier molecular flexibility index (Phi) is 3.88. The topological polar surface area (TPSA) is 57.5 Å². The highest BCUT2D eigenvalue weighted by atomic mass is 35.5. The molecule has 2 aromatic rings. The van der Waals surface area contributed by atoms with Gasteiger partial charge in [-0.15, -0.1) is 0 Å². The lowest BCUT2D eigenvalue weighted by Gasteiger charge is -2.04. The molecule has 19 heavy (non-hydrogen) atoms. The zero-order valence-corrected chi connectivity index (χ0v) is 10.6. The molecule has 3 nitrogen and oxygen atoms in total. The number of aliphatic carboxylic acids is 1. The minimum Gasteiger partial charge on any atom is -0.506 e. The molecule has 0 radical (unpaired) electrons. The molecule has 2 aromatic carbocycles. The third-order valence-corrected chi connectivity index (χ3v) is 2.90. The summed E-state index contributed by atoms with van der Waals surface area (Å²) in [6.07, 6.45) is 1.52. The van der Waals surface area contributed by atoms with Crippen LogP contribution in [0.25, 0.3) is 11.6 Å². The van der Waals surface area contributed by atoms with Crippen molar-refractivity contribution in [2.24, 2.45) is 0 Å². The molecule has 0 aromatic heterocycles. The summed E-state index contributed by atoms with van der Waals surface area (Å²) in [7, 11) is 0. The summed E-state index contributed by atoms with van der Waals surface area (Å²) in [5.41, 5.74) is 1.39. The minimum atomic E-state index is -1.02. The van der Waals surface area contributed by atoms with Crippen molar-refractivity contribution < 1.29 is 15.0 Å². The van der Waals surface area contributed by atoms with Gasteiger partial charge >= 0.3 is 5.97 Å². The summed E-state index contributed by atoms with van der Waals surface area (Å²) in [5, 5.41) is 18.8. The summed E-state index contributed by atoms with van der Waals surface area (Å²) >= 11 is 5.80. The third-order valence-electron chi connectivity index (χ3n) is 2.60. The van der Waals surface area contributed by atoms with Gasteiger partial charge in [-0.1, -0.05) is 48.0 Å². The fourth-order valence-corrected chi connectivity index (χ4v) is 1.85. The van der Waals surface area contributed by atoms with E-state index in [1.54, 1.807) is 30.3 Å². The summed E-state index contributed by atoms with van der Waals surface area (Å²) in [5.74, 6) is -1.05. The largest absolute Gasteiger partial charge is 0.506 e. The van der Waals surface area contributed by atoms with E-state index in [0.717, 1.165) is 0 Å². The first-order chi connectivity index (χ1) is 9.08. The van der Waals surface area contributed by atoms with Gasteiger partial charge in [0.15, 0.2) is 0 Å². The average Bonchev–Trinajstić information content (AvgIpc) is 2.40. The molecule has 0 saturated heterocycles. The van der Waals surface area contributed by atoms with Crippen LogP contribution < -0.4 is 0 Å². The van der Waals surface area contributed by atoms with E-state index in [0.29, 0.717) is 11.1 Å². The summed E-state index contributed by atoms with van der Waals surface area (Å²) in [6.45, 7) is 0. The lowest BCUT2D eigenvalue weighted by molar-refractivity contribution is -0.130. The van der Waals surface area contributed by atoms with Gasteiger partial charge in [0.1, 0.15) is 5.75 Å². The summed E-state index contributed by atoms with van der Waals surface area (Å²) in [4.78, 5) is 11.3. The monoisotopic (exact) mass is 274 g/mol. The van der Waals surface area contributed by atoms with E-state index in [9.17, 15) is 15.0 Å². The van der Waals surface area contributed by atoms with Crippen LogP contribution >= 0.6 is 11.6 Å². The van der Waals surface area contributed by atoms with E-state index in [1.165, 1.54) is 18.2 Å². The second kappa shape index (κ2) is 5.59. The molecule has 0 unspecified atom stereocenters. The number of phenols is 1. The molecule has 0 saturated carbocycles. The number of carbonyl (C=O) groups is 1. The maximum Gasteiger partial charge on any atom is 0.336 e. The second-order valence-electron chi connectivity index (χ2n) is 3.94. The summed E-state index contributed by atoms with van der Waals surface area (Å²) < 4.78 is 0. The highest BCUT2D eigenvalue weighted by Gasteiger charge is 2.10. The van der Waals surface area contributed by atoms with Crippen molar-refractivity contribution in [1.82, 2.24) is 0 Å². The van der Waals surface area contributed by atoms with Crippen LogP contribution in [-0.2, 0) is 4.79 Å². The van der Waals surface area contributed by atoms with Crippen LogP contribution in [-0.4, -0.2) is 16.2 Å². The van der Waals surface area contributed by atoms with Crippen molar-refractivity contribution in [3.63, 3.8) is 0 Å². The first kappa shape index (κ1) is 13.2. The first-order valence-corrected chi connectivity index (χ1v) is 5.94. The van der Waals surface area contributed by atoms with E-state index in [2.05, 4.69) is 0 Å². The van der Waals surface area contributed by atoms with Crippen molar-refractivity contribution >= 4 is 29.2 Å². The van der Waals surface area contributed by atoms with E-state index in [4.69, 9.17) is 11.6 Å². The average molecular weight is 275 g/mol. The SMILES string of the molecule is O=C(O)C(=Cc1ccc(O)c(Cl)c1)c1ccccc1. The van der Waals surface area contributed by atoms with Gasteiger partial charge in [-0.2, -0.15) is 0 Å². The number of hydrogen-bond donors (Lipinski definition) is 2. The predicted octanol–water partition coefficient (Wildman–Crippen LogP) is 3.67. The van der Waals surface area contributed by atoms with E-state index >= 15 is 0 Å². The number of phenolic OH excluding ortho intramolecular Hbond substituents is 1. The van der Waals surface area contributed by atoms with Crippen LogP contribution in [0.15, 0.2) is 48.5 Å². The lowest BCUT2D eigenvalue weighted by atomic mass is 10.0. The van der Waals surface area contributed by atoms with Crippen LogP contribution in [0.2, 0.25) is 5.02 Å². The molecule has 0 fully saturated rings. The molecule has 2 rings (SSSR count). The van der Waals surface area contributed by atoms with Crippen molar-refractivity contribution in [2.45, 2.75) is 0 Å². The fourth-order valence-electron chi connectivity index (χ4n) is 1.67. The Balaban J connectivity index is 2.47. The molecule has 0 atom stereocenters. The first-order valence-electron chi connectivity index (χ1n) is 5.57. The van der Waals surface area contributed by atoms with Crippen molar-refractivity contribution in [3.05, 3.63) is 64.7 Å². The Hall–Kier alpha value is -2.26. The molecule has 0 amide bonds. The zero-order valence-electron chi connectivity index (χ0n) is 9.88. The molecule has 0 aliphatic heterocycles. The van der Waals surface area contributed by atoms with Gasteiger partial charge in [0.05, 0.1) is 10.6 Å². The van der Waals surface area contributed by atoms with Crippen LogP contribution in [0.5, 0.6) is 5.75 Å². The van der Waals surface area contributed by atoms with Gasteiger partial charge in [-0.25, -0.2) is 4.79 Å². The van der Waals surface area contributed by atoms with Crippen LogP contribution in [0, 0.1) is 0 Å². The molecular weight excluding hydrogens is 264 g/mol. The van der Waals surface area contributed by atoms with Crippen LogP contribution in [0.1, 0.15) is 11.1 Å². The Morgan fingerprint density at radius 3 is 2.37 bits per heavy atom. The Bertz CT molecular complexity index is 633. The molecule has 4 heteroatoms. The van der Waals surface area contributed by atoms with Crippen molar-refractivity contribution in [2.75, 3.05) is 0 Å². The zero-order chi connectivity index (χ0) is 13.8. The Labute approximate surface area is 115 Å². The quantitative estimate of drug-likeness (QED) is 0.663. The highest BCUT2D eigenvalue weighted by Crippen LogP contribution is 2.26. The number of carboxylic acids is 1. The highest BCUT2D eigenvalue weighted by molar-refractivity contribution is 6.32. The van der Waals surface area contributed by atoms with Gasteiger partial charge in [-0.3, -0.25) is 0 Å². The summed E-state index contributed by atoms with van der Waals surface area (Å²) in [6, 6.07) is 13.4. The minimum absolute atomic E-state index is 0.0320. The Morgan fingerprint density at radius 1 is 1.11 bits per heavy atom. The maximum atomic E-state index is 11.3. The molecule has 2 N–H and O–H groups in total. The smallest absolute Gasteiger partial charge is 0.336 e. The molecule has 0 aliphatic rings. The van der Waals surface area contributed by atoms with E-state index < -0.39 is 5.97 Å². The number of hydrogen-bond acceptors (Lipinski definition) is 2. The molecule has 0 heterocycles. The number of aromatic hydroxyl groups is 1. The molecule has 96 valence electrons.